The van der Waals surface area contributed by atoms with Gasteiger partial charge in [-0.05, 0) is 60.5 Å². The SMILES string of the molecule is CC(c1ccc(C(=O)O)cc1)n1c(=O)[nH]c2ccc(C(=O)NCc3ccc(O)cc3)cc2c1=O. The molecule has 1 atom stereocenters. The van der Waals surface area contributed by atoms with E-state index in [1.54, 1.807) is 31.2 Å². The van der Waals surface area contributed by atoms with Gasteiger partial charge in [-0.1, -0.05) is 24.3 Å². The Balaban J connectivity index is 1.65. The molecule has 9 heteroatoms. The molecule has 1 unspecified atom stereocenters. The van der Waals surface area contributed by atoms with Gasteiger partial charge in [-0.3, -0.25) is 14.2 Å². The molecule has 4 N–H and O–H groups in total. The molecule has 9 nitrogen and oxygen atoms in total. The van der Waals surface area contributed by atoms with Crippen molar-refractivity contribution in [3.8, 4) is 5.75 Å². The Hall–Kier alpha value is -4.66. The Kier molecular flexibility index (Phi) is 6.01. The van der Waals surface area contributed by atoms with Crippen molar-refractivity contribution in [3.05, 3.63) is 110 Å². The second kappa shape index (κ2) is 9.07. The Labute approximate surface area is 192 Å². The number of aromatic carboxylic acids is 1. The van der Waals surface area contributed by atoms with Gasteiger partial charge in [0.25, 0.3) is 11.5 Å². The zero-order valence-electron chi connectivity index (χ0n) is 18.1. The van der Waals surface area contributed by atoms with Crippen LogP contribution in [0.2, 0.25) is 0 Å². The molecule has 1 aromatic heterocycles. The quantitative estimate of drug-likeness (QED) is 0.349. The monoisotopic (exact) mass is 459 g/mol. The molecule has 0 radical (unpaired) electrons. The van der Waals surface area contributed by atoms with Crippen molar-refractivity contribution in [1.29, 1.82) is 0 Å². The maximum atomic E-state index is 13.2. The van der Waals surface area contributed by atoms with Gasteiger partial charge >= 0.3 is 11.7 Å². The molecule has 0 saturated carbocycles. The minimum atomic E-state index is -1.07. The summed E-state index contributed by atoms with van der Waals surface area (Å²) in [5, 5.41) is 21.4. The average Bonchev–Trinajstić information content (AvgIpc) is 2.83. The van der Waals surface area contributed by atoms with Crippen LogP contribution in [0.1, 0.15) is 44.8 Å². The molecule has 1 amide bonds. The molecule has 34 heavy (non-hydrogen) atoms. The molecule has 0 aliphatic rings. The van der Waals surface area contributed by atoms with Crippen LogP contribution in [-0.2, 0) is 6.54 Å². The first-order valence-electron chi connectivity index (χ1n) is 10.4. The molecule has 0 spiro atoms. The molecule has 1 heterocycles. The van der Waals surface area contributed by atoms with Crippen molar-refractivity contribution in [3.63, 3.8) is 0 Å². The number of nitrogens with zero attached hydrogens (tertiary/aromatic N) is 1. The number of phenolic OH excluding ortho intramolecular Hbond substituents is 1. The van der Waals surface area contributed by atoms with Gasteiger partial charge in [0.2, 0.25) is 0 Å². The number of hydrogen-bond acceptors (Lipinski definition) is 5. The molecule has 4 rings (SSSR count). The summed E-state index contributed by atoms with van der Waals surface area (Å²) in [6, 6.07) is 16.1. The second-order valence-electron chi connectivity index (χ2n) is 7.82. The number of carboxylic acids is 1. The largest absolute Gasteiger partial charge is 0.508 e. The maximum Gasteiger partial charge on any atom is 0.335 e. The third-order valence-corrected chi connectivity index (χ3v) is 5.61. The molecular formula is C25H21N3O6. The fourth-order valence-electron chi connectivity index (χ4n) is 3.67. The molecule has 3 aromatic carbocycles. The van der Waals surface area contributed by atoms with Crippen LogP contribution < -0.4 is 16.6 Å². The number of aromatic hydroxyl groups is 1. The summed E-state index contributed by atoms with van der Waals surface area (Å²) in [6.45, 7) is 1.89. The number of rotatable bonds is 6. The van der Waals surface area contributed by atoms with Crippen LogP contribution in [0.25, 0.3) is 10.9 Å². The number of aromatic nitrogens is 2. The van der Waals surface area contributed by atoms with E-state index in [9.17, 15) is 24.3 Å². The number of amides is 1. The molecule has 172 valence electrons. The fourth-order valence-corrected chi connectivity index (χ4v) is 3.67. The van der Waals surface area contributed by atoms with Crippen LogP contribution in [0.4, 0.5) is 0 Å². The number of H-pyrrole nitrogens is 1. The number of carboxylic acid groups (broad SMARTS) is 1. The standard InChI is InChI=1S/C25H21N3O6/c1-14(16-4-6-17(7-5-16)24(32)33)28-23(31)20-12-18(8-11-21(20)27-25(28)34)22(30)26-13-15-2-9-19(29)10-3-15/h2-12,14,29H,13H2,1H3,(H,26,30)(H,27,34)(H,32,33). The zero-order valence-corrected chi connectivity index (χ0v) is 18.1. The molecule has 0 aliphatic carbocycles. The maximum absolute atomic E-state index is 13.2. The van der Waals surface area contributed by atoms with E-state index in [-0.39, 0.29) is 28.8 Å². The van der Waals surface area contributed by atoms with Crippen LogP contribution in [0.15, 0.2) is 76.3 Å². The summed E-state index contributed by atoms with van der Waals surface area (Å²) in [6.07, 6.45) is 0. The lowest BCUT2D eigenvalue weighted by Gasteiger charge is -2.15. The Morgan fingerprint density at radius 1 is 0.971 bits per heavy atom. The number of nitrogens with one attached hydrogen (secondary N) is 2. The van der Waals surface area contributed by atoms with Crippen LogP contribution in [-0.4, -0.2) is 31.6 Å². The van der Waals surface area contributed by atoms with Crippen LogP contribution in [0.5, 0.6) is 5.75 Å². The first-order chi connectivity index (χ1) is 16.2. The van der Waals surface area contributed by atoms with E-state index in [2.05, 4.69) is 10.3 Å². The molecule has 0 aliphatic heterocycles. The highest BCUT2D eigenvalue weighted by Gasteiger charge is 2.17. The molecule has 4 aromatic rings. The van der Waals surface area contributed by atoms with Crippen molar-refractivity contribution in [1.82, 2.24) is 14.9 Å². The van der Waals surface area contributed by atoms with E-state index < -0.39 is 29.2 Å². The van der Waals surface area contributed by atoms with E-state index >= 15 is 0 Å². The van der Waals surface area contributed by atoms with Gasteiger partial charge in [0.1, 0.15) is 5.75 Å². The van der Waals surface area contributed by atoms with Gasteiger partial charge in [0.05, 0.1) is 22.5 Å². The number of hydrogen-bond donors (Lipinski definition) is 4. The number of carbonyl (C=O) groups is 2. The van der Waals surface area contributed by atoms with Gasteiger partial charge in [0.15, 0.2) is 0 Å². The Morgan fingerprint density at radius 3 is 2.26 bits per heavy atom. The van der Waals surface area contributed by atoms with Gasteiger partial charge in [-0.2, -0.15) is 0 Å². The Morgan fingerprint density at radius 2 is 1.62 bits per heavy atom. The summed E-state index contributed by atoms with van der Waals surface area (Å²) in [7, 11) is 0. The number of phenols is 1. The predicted molar refractivity (Wildman–Crippen MR) is 125 cm³/mol. The van der Waals surface area contributed by atoms with Gasteiger partial charge in [-0.15, -0.1) is 0 Å². The minimum absolute atomic E-state index is 0.0960. The lowest BCUT2D eigenvalue weighted by molar-refractivity contribution is 0.0696. The van der Waals surface area contributed by atoms with Crippen LogP contribution >= 0.6 is 0 Å². The van der Waals surface area contributed by atoms with E-state index in [0.29, 0.717) is 11.1 Å². The fraction of sp³-hybridized carbons (Fsp3) is 0.120. The lowest BCUT2D eigenvalue weighted by atomic mass is 10.1. The van der Waals surface area contributed by atoms with E-state index in [0.717, 1.165) is 10.1 Å². The van der Waals surface area contributed by atoms with Gasteiger partial charge in [-0.25, -0.2) is 9.59 Å². The van der Waals surface area contributed by atoms with E-state index in [1.165, 1.54) is 42.5 Å². The van der Waals surface area contributed by atoms with Crippen molar-refractivity contribution in [2.45, 2.75) is 19.5 Å². The van der Waals surface area contributed by atoms with Crippen molar-refractivity contribution < 1.29 is 19.8 Å². The first-order valence-corrected chi connectivity index (χ1v) is 10.4. The minimum Gasteiger partial charge on any atom is -0.508 e. The van der Waals surface area contributed by atoms with E-state index in [1.807, 2.05) is 0 Å². The summed E-state index contributed by atoms with van der Waals surface area (Å²) in [5.74, 6) is -1.34. The van der Waals surface area contributed by atoms with Crippen LogP contribution in [0.3, 0.4) is 0 Å². The van der Waals surface area contributed by atoms with Crippen molar-refractivity contribution in [2.75, 3.05) is 0 Å². The number of fused-ring (bicyclic) bond motifs is 1. The molecular weight excluding hydrogens is 438 g/mol. The first kappa shape index (κ1) is 22.5. The summed E-state index contributed by atoms with van der Waals surface area (Å²) < 4.78 is 1.04. The van der Waals surface area contributed by atoms with Crippen molar-refractivity contribution >= 4 is 22.8 Å². The molecule has 0 fully saturated rings. The number of aromatic amines is 1. The Bertz CT molecular complexity index is 1500. The predicted octanol–water partition coefficient (Wildman–Crippen LogP) is 2.63. The third kappa shape index (κ3) is 4.44. The molecule has 0 saturated heterocycles. The summed E-state index contributed by atoms with van der Waals surface area (Å²) >= 11 is 0. The normalized spacial score (nSPS) is 11.8. The topological polar surface area (TPSA) is 141 Å². The van der Waals surface area contributed by atoms with Gasteiger partial charge < -0.3 is 20.5 Å². The zero-order chi connectivity index (χ0) is 24.4. The summed E-state index contributed by atoms with van der Waals surface area (Å²) in [4.78, 5) is 52.3. The average molecular weight is 459 g/mol. The highest BCUT2D eigenvalue weighted by atomic mass is 16.4. The van der Waals surface area contributed by atoms with Crippen molar-refractivity contribution in [2.24, 2.45) is 0 Å². The van der Waals surface area contributed by atoms with Gasteiger partial charge in [0, 0.05) is 12.1 Å². The van der Waals surface area contributed by atoms with Crippen LogP contribution in [0, 0.1) is 0 Å². The van der Waals surface area contributed by atoms with E-state index in [4.69, 9.17) is 5.11 Å². The second-order valence-corrected chi connectivity index (χ2v) is 7.82. The highest BCUT2D eigenvalue weighted by Crippen LogP contribution is 2.17. The summed E-state index contributed by atoms with van der Waals surface area (Å²) in [5.41, 5.74) is 0.841. The number of benzene rings is 3. The number of carbonyl (C=O) groups excluding carboxylic acids is 1. The third-order valence-electron chi connectivity index (χ3n) is 5.61. The smallest absolute Gasteiger partial charge is 0.335 e. The highest BCUT2D eigenvalue weighted by molar-refractivity contribution is 5.97. The molecule has 0 bridgehead atoms. The lowest BCUT2D eigenvalue weighted by Crippen LogP contribution is -2.37.